The number of carbonyl (C=O) groups excluding carboxylic acids is 3. The molecule has 1 fully saturated rings. The van der Waals surface area contributed by atoms with Gasteiger partial charge in [-0.05, 0) is 37.3 Å². The predicted octanol–water partition coefficient (Wildman–Crippen LogP) is 3.75. The number of carbonyl (C=O) groups is 3. The van der Waals surface area contributed by atoms with Gasteiger partial charge in [0.1, 0.15) is 5.54 Å². The summed E-state index contributed by atoms with van der Waals surface area (Å²) in [6.45, 7) is 1.30. The topological polar surface area (TPSA) is 66.5 Å². The van der Waals surface area contributed by atoms with Crippen molar-refractivity contribution < 1.29 is 14.4 Å². The number of nitrogens with zero attached hydrogens (tertiary/aromatic N) is 1. The van der Waals surface area contributed by atoms with Crippen molar-refractivity contribution in [3.05, 3.63) is 69.2 Å². The lowest BCUT2D eigenvalue weighted by atomic mass is 9.92. The molecule has 128 valence electrons. The van der Waals surface area contributed by atoms with Crippen LogP contribution < -0.4 is 5.32 Å². The zero-order chi connectivity index (χ0) is 18.2. The maximum absolute atomic E-state index is 12.9. The third-order valence-corrected chi connectivity index (χ3v) is 5.10. The highest BCUT2D eigenvalue weighted by Gasteiger charge is 2.50. The van der Waals surface area contributed by atoms with Crippen molar-refractivity contribution in [3.63, 3.8) is 0 Å². The average Bonchev–Trinajstić information content (AvgIpc) is 2.80. The number of ketones is 1. The van der Waals surface area contributed by atoms with Gasteiger partial charge in [-0.1, -0.05) is 45.7 Å². The lowest BCUT2D eigenvalue weighted by Gasteiger charge is -2.23. The number of nitrogens with one attached hydrogen (secondary N) is 1. The molecule has 0 spiro atoms. The number of benzene rings is 2. The van der Waals surface area contributed by atoms with Gasteiger partial charge in [0.05, 0.1) is 6.54 Å². The number of imide groups is 1. The number of halogens is 2. The van der Waals surface area contributed by atoms with Crippen molar-refractivity contribution in [3.8, 4) is 0 Å². The summed E-state index contributed by atoms with van der Waals surface area (Å²) in [5.74, 6) is -0.803. The molecule has 0 unspecified atom stereocenters. The largest absolute Gasteiger partial charge is 0.325 e. The Kier molecular flexibility index (Phi) is 4.67. The molecule has 1 saturated heterocycles. The van der Waals surface area contributed by atoms with E-state index >= 15 is 0 Å². The monoisotopic (exact) mass is 420 g/mol. The second-order valence-corrected chi connectivity index (χ2v) is 7.15. The third-order valence-electron chi connectivity index (χ3n) is 4.16. The van der Waals surface area contributed by atoms with E-state index in [0.717, 1.165) is 4.90 Å². The van der Waals surface area contributed by atoms with Crippen molar-refractivity contribution in [2.24, 2.45) is 0 Å². The van der Waals surface area contributed by atoms with Crippen molar-refractivity contribution in [1.82, 2.24) is 10.2 Å². The summed E-state index contributed by atoms with van der Waals surface area (Å²) in [6.07, 6.45) is 0. The highest BCUT2D eigenvalue weighted by Crippen LogP contribution is 2.33. The first kappa shape index (κ1) is 17.6. The van der Waals surface area contributed by atoms with Crippen LogP contribution in [0.2, 0.25) is 5.02 Å². The first-order valence-corrected chi connectivity index (χ1v) is 8.68. The second-order valence-electron chi connectivity index (χ2n) is 5.86. The van der Waals surface area contributed by atoms with Crippen LogP contribution in [0.25, 0.3) is 0 Å². The number of hydrogen-bond acceptors (Lipinski definition) is 3. The fourth-order valence-electron chi connectivity index (χ4n) is 2.76. The smallest absolute Gasteiger partial charge is 0.319 e. The van der Waals surface area contributed by atoms with E-state index in [2.05, 4.69) is 21.2 Å². The fourth-order valence-corrected chi connectivity index (χ4v) is 3.57. The molecule has 1 heterocycles. The van der Waals surface area contributed by atoms with Crippen molar-refractivity contribution in [2.45, 2.75) is 12.5 Å². The first-order valence-electron chi connectivity index (χ1n) is 7.51. The predicted molar refractivity (Wildman–Crippen MR) is 97.5 cm³/mol. The Morgan fingerprint density at radius 1 is 1.16 bits per heavy atom. The normalized spacial score (nSPS) is 19.9. The van der Waals surface area contributed by atoms with Crippen LogP contribution >= 0.6 is 27.5 Å². The highest BCUT2D eigenvalue weighted by atomic mass is 79.9. The molecule has 3 rings (SSSR count). The zero-order valence-electron chi connectivity index (χ0n) is 13.3. The molecule has 1 aliphatic rings. The Hall–Kier alpha value is -2.18. The minimum Gasteiger partial charge on any atom is -0.319 e. The van der Waals surface area contributed by atoms with Crippen molar-refractivity contribution in [2.75, 3.05) is 6.54 Å². The molecule has 0 saturated carbocycles. The molecule has 2 aromatic carbocycles. The summed E-state index contributed by atoms with van der Waals surface area (Å²) in [6, 6.07) is 12.9. The number of amides is 3. The summed E-state index contributed by atoms with van der Waals surface area (Å²) in [4.78, 5) is 38.5. The minimum absolute atomic E-state index is 0.327. The SMILES string of the molecule is C[C@@]1(c2ccccc2Br)NC(=O)N(CC(=O)c2ccc(Cl)cc2)C1=O. The number of urea groups is 1. The summed E-state index contributed by atoms with van der Waals surface area (Å²) in [5, 5.41) is 3.19. The Balaban J connectivity index is 1.85. The van der Waals surface area contributed by atoms with Crippen LogP contribution in [0.3, 0.4) is 0 Å². The van der Waals surface area contributed by atoms with E-state index in [1.165, 1.54) is 0 Å². The molecule has 25 heavy (non-hydrogen) atoms. The summed E-state index contributed by atoms with van der Waals surface area (Å²) >= 11 is 9.21. The fraction of sp³-hybridized carbons (Fsp3) is 0.167. The Morgan fingerprint density at radius 3 is 2.44 bits per heavy atom. The summed E-state index contributed by atoms with van der Waals surface area (Å²) < 4.78 is 0.706. The van der Waals surface area contributed by atoms with Gasteiger partial charge >= 0.3 is 6.03 Å². The molecule has 0 bridgehead atoms. The molecule has 0 aromatic heterocycles. The lowest BCUT2D eigenvalue weighted by Crippen LogP contribution is -2.41. The quantitative estimate of drug-likeness (QED) is 0.604. The van der Waals surface area contributed by atoms with Gasteiger partial charge in [0.15, 0.2) is 5.78 Å². The van der Waals surface area contributed by atoms with E-state index in [0.29, 0.717) is 20.6 Å². The van der Waals surface area contributed by atoms with Gasteiger partial charge in [-0.25, -0.2) is 4.79 Å². The average molecular weight is 422 g/mol. The number of hydrogen-bond donors (Lipinski definition) is 1. The van der Waals surface area contributed by atoms with Crippen molar-refractivity contribution in [1.29, 1.82) is 0 Å². The van der Waals surface area contributed by atoms with E-state index in [4.69, 9.17) is 11.6 Å². The molecule has 5 nitrogen and oxygen atoms in total. The van der Waals surface area contributed by atoms with Crippen molar-refractivity contribution >= 4 is 45.3 Å². The van der Waals surface area contributed by atoms with E-state index in [9.17, 15) is 14.4 Å². The van der Waals surface area contributed by atoms with Crippen LogP contribution in [0.4, 0.5) is 4.79 Å². The van der Waals surface area contributed by atoms with E-state index < -0.39 is 17.5 Å². The summed E-state index contributed by atoms with van der Waals surface area (Å²) in [7, 11) is 0. The third kappa shape index (κ3) is 3.19. The molecule has 2 aromatic rings. The molecule has 3 amide bonds. The molecule has 1 aliphatic heterocycles. The van der Waals surface area contributed by atoms with E-state index in [1.807, 2.05) is 6.07 Å². The van der Waals surface area contributed by atoms with Crippen LogP contribution in [-0.4, -0.2) is 29.2 Å². The van der Waals surface area contributed by atoms with Gasteiger partial charge in [0, 0.05) is 20.6 Å². The lowest BCUT2D eigenvalue weighted by molar-refractivity contribution is -0.130. The zero-order valence-corrected chi connectivity index (χ0v) is 15.6. The van der Waals surface area contributed by atoms with Crippen LogP contribution in [0, 0.1) is 0 Å². The van der Waals surface area contributed by atoms with Crippen LogP contribution in [-0.2, 0) is 10.3 Å². The van der Waals surface area contributed by atoms with Gasteiger partial charge in [-0.15, -0.1) is 0 Å². The Labute approximate surface area is 158 Å². The van der Waals surface area contributed by atoms with Gasteiger partial charge in [0.25, 0.3) is 5.91 Å². The Morgan fingerprint density at radius 2 is 1.80 bits per heavy atom. The van der Waals surface area contributed by atoms with Gasteiger partial charge in [-0.2, -0.15) is 0 Å². The van der Waals surface area contributed by atoms with Crippen LogP contribution in [0.5, 0.6) is 0 Å². The van der Waals surface area contributed by atoms with E-state index in [-0.39, 0.29) is 12.3 Å². The van der Waals surface area contributed by atoms with Gasteiger partial charge in [-0.3, -0.25) is 14.5 Å². The second kappa shape index (κ2) is 6.61. The van der Waals surface area contributed by atoms with Gasteiger partial charge in [0.2, 0.25) is 0 Å². The molecule has 0 aliphatic carbocycles. The molecule has 1 N–H and O–H groups in total. The molecule has 0 radical (unpaired) electrons. The molecule has 7 heteroatoms. The van der Waals surface area contributed by atoms with Crippen LogP contribution in [0.1, 0.15) is 22.8 Å². The number of rotatable bonds is 4. The van der Waals surface area contributed by atoms with Gasteiger partial charge < -0.3 is 5.32 Å². The highest BCUT2D eigenvalue weighted by molar-refractivity contribution is 9.10. The Bertz CT molecular complexity index is 869. The maximum atomic E-state index is 12.9. The van der Waals surface area contributed by atoms with E-state index in [1.54, 1.807) is 49.4 Å². The maximum Gasteiger partial charge on any atom is 0.325 e. The molecular formula is C18H14BrClN2O3. The minimum atomic E-state index is -1.22. The summed E-state index contributed by atoms with van der Waals surface area (Å²) in [5.41, 5.74) is -0.202. The molecule has 1 atom stereocenters. The molecular weight excluding hydrogens is 408 g/mol. The van der Waals surface area contributed by atoms with Crippen LogP contribution in [0.15, 0.2) is 53.0 Å². The number of Topliss-reactive ketones (excluding diaryl/α,β-unsaturated/α-hetero) is 1. The first-order chi connectivity index (χ1) is 11.8. The standard InChI is InChI=1S/C18H14BrClN2O3/c1-18(13-4-2-3-5-14(13)19)16(24)22(17(25)21-18)10-15(23)11-6-8-12(20)9-7-11/h2-9H,10H2,1H3,(H,21,25)/t18-/m0/s1.